The van der Waals surface area contributed by atoms with Crippen molar-refractivity contribution in [3.63, 3.8) is 0 Å². The molecule has 2 heterocycles. The number of H-pyrrole nitrogens is 1. The van der Waals surface area contributed by atoms with Crippen LogP contribution in [0.5, 0.6) is 0 Å². The van der Waals surface area contributed by atoms with Gasteiger partial charge in [0.2, 0.25) is 5.91 Å². The molecule has 1 aliphatic rings. The van der Waals surface area contributed by atoms with Gasteiger partial charge in [0, 0.05) is 44.5 Å². The number of amides is 1. The number of methoxy groups -OCH3 is 1. The summed E-state index contributed by atoms with van der Waals surface area (Å²) in [5.74, 6) is 0.935. The van der Waals surface area contributed by atoms with Crippen LogP contribution in [0.3, 0.4) is 0 Å². The molecular formula is C20H22N4O2. The number of hydrogen-bond acceptors (Lipinski definition) is 4. The number of ether oxygens (including phenoxy) is 1. The summed E-state index contributed by atoms with van der Waals surface area (Å²) in [6.45, 7) is 3.23. The number of aromatic amines is 1. The van der Waals surface area contributed by atoms with Crippen LogP contribution in [0.2, 0.25) is 0 Å². The zero-order valence-electron chi connectivity index (χ0n) is 14.8. The summed E-state index contributed by atoms with van der Waals surface area (Å²) >= 11 is 0. The largest absolute Gasteiger partial charge is 0.375 e. The van der Waals surface area contributed by atoms with Crippen LogP contribution in [0, 0.1) is 0 Å². The quantitative estimate of drug-likeness (QED) is 0.785. The number of imidazole rings is 1. The minimum Gasteiger partial charge on any atom is -0.375 e. The Labute approximate surface area is 152 Å². The third kappa shape index (κ3) is 3.28. The molecule has 4 rings (SSSR count). The van der Waals surface area contributed by atoms with E-state index in [1.165, 1.54) is 0 Å². The summed E-state index contributed by atoms with van der Waals surface area (Å²) in [4.78, 5) is 24.2. The van der Waals surface area contributed by atoms with Crippen molar-refractivity contribution in [2.75, 3.05) is 44.8 Å². The number of hydrogen-bond donors (Lipinski definition) is 1. The average molecular weight is 350 g/mol. The first kappa shape index (κ1) is 16.6. The van der Waals surface area contributed by atoms with Gasteiger partial charge in [0.1, 0.15) is 12.4 Å². The van der Waals surface area contributed by atoms with Crippen LogP contribution in [0.4, 0.5) is 5.69 Å². The second-order valence-corrected chi connectivity index (χ2v) is 6.45. The van der Waals surface area contributed by atoms with E-state index in [0.29, 0.717) is 0 Å². The van der Waals surface area contributed by atoms with E-state index in [4.69, 9.17) is 4.74 Å². The lowest BCUT2D eigenvalue weighted by Crippen LogP contribution is -2.49. The molecule has 134 valence electrons. The van der Waals surface area contributed by atoms with E-state index < -0.39 is 0 Å². The molecule has 1 saturated heterocycles. The van der Waals surface area contributed by atoms with Crippen LogP contribution in [0.1, 0.15) is 0 Å². The summed E-state index contributed by atoms with van der Waals surface area (Å²) in [5.41, 5.74) is 4.23. The Morgan fingerprint density at radius 2 is 1.92 bits per heavy atom. The maximum absolute atomic E-state index is 11.9. The first-order valence-corrected chi connectivity index (χ1v) is 8.81. The number of para-hydroxylation sites is 2. The number of anilines is 1. The van der Waals surface area contributed by atoms with E-state index in [-0.39, 0.29) is 12.5 Å². The van der Waals surface area contributed by atoms with Crippen molar-refractivity contribution in [3.8, 4) is 11.4 Å². The number of nitrogens with zero attached hydrogens (tertiary/aromatic N) is 3. The van der Waals surface area contributed by atoms with Crippen molar-refractivity contribution in [2.45, 2.75) is 0 Å². The van der Waals surface area contributed by atoms with Gasteiger partial charge in [0.25, 0.3) is 0 Å². The van der Waals surface area contributed by atoms with E-state index in [0.717, 1.165) is 54.3 Å². The molecule has 1 fully saturated rings. The van der Waals surface area contributed by atoms with Crippen LogP contribution in [-0.2, 0) is 9.53 Å². The number of carbonyl (C=O) groups excluding carboxylic acids is 1. The van der Waals surface area contributed by atoms with Gasteiger partial charge in [-0.25, -0.2) is 4.98 Å². The predicted octanol–water partition coefficient (Wildman–Crippen LogP) is 2.52. The van der Waals surface area contributed by atoms with Gasteiger partial charge in [-0.05, 0) is 24.3 Å². The number of benzene rings is 2. The number of fused-ring (bicyclic) bond motifs is 1. The van der Waals surface area contributed by atoms with Crippen molar-refractivity contribution in [3.05, 3.63) is 48.5 Å². The van der Waals surface area contributed by atoms with Gasteiger partial charge in [0.05, 0.1) is 11.0 Å². The van der Waals surface area contributed by atoms with Crippen molar-refractivity contribution >= 4 is 22.6 Å². The maximum atomic E-state index is 11.9. The van der Waals surface area contributed by atoms with Gasteiger partial charge in [-0.15, -0.1) is 0 Å². The molecule has 6 nitrogen and oxygen atoms in total. The fraction of sp³-hybridized carbons (Fsp3) is 0.300. The number of aromatic nitrogens is 2. The molecular weight excluding hydrogens is 328 g/mol. The number of carbonyl (C=O) groups is 1. The molecule has 0 radical (unpaired) electrons. The van der Waals surface area contributed by atoms with Gasteiger partial charge in [-0.1, -0.05) is 24.3 Å². The highest BCUT2D eigenvalue weighted by Gasteiger charge is 2.21. The molecule has 0 bridgehead atoms. The van der Waals surface area contributed by atoms with Gasteiger partial charge in [-0.3, -0.25) is 4.79 Å². The Bertz CT molecular complexity index is 880. The van der Waals surface area contributed by atoms with Crippen molar-refractivity contribution in [1.82, 2.24) is 14.9 Å². The van der Waals surface area contributed by atoms with Crippen molar-refractivity contribution < 1.29 is 9.53 Å². The Morgan fingerprint density at radius 1 is 1.12 bits per heavy atom. The molecule has 0 aliphatic carbocycles. The maximum Gasteiger partial charge on any atom is 0.248 e. The Balaban J connectivity index is 1.51. The van der Waals surface area contributed by atoms with Gasteiger partial charge >= 0.3 is 0 Å². The Morgan fingerprint density at radius 3 is 2.69 bits per heavy atom. The fourth-order valence-corrected chi connectivity index (χ4v) is 3.37. The fourth-order valence-electron chi connectivity index (χ4n) is 3.37. The molecule has 0 saturated carbocycles. The standard InChI is InChI=1S/C20H22N4O2/c1-26-14-19(25)24-11-9-23(10-12-24)16-6-4-5-15(13-16)20-21-17-7-2-3-8-18(17)22-20/h2-8,13H,9-12,14H2,1H3,(H,21,22). The van der Waals surface area contributed by atoms with Gasteiger partial charge in [0.15, 0.2) is 0 Å². The Hall–Kier alpha value is -2.86. The summed E-state index contributed by atoms with van der Waals surface area (Å²) < 4.78 is 4.94. The third-order valence-electron chi connectivity index (χ3n) is 4.77. The molecule has 1 amide bonds. The highest BCUT2D eigenvalue weighted by atomic mass is 16.5. The lowest BCUT2D eigenvalue weighted by Gasteiger charge is -2.36. The molecule has 1 N–H and O–H groups in total. The molecule has 6 heteroatoms. The van der Waals surface area contributed by atoms with Crippen LogP contribution in [0.25, 0.3) is 22.4 Å². The van der Waals surface area contributed by atoms with E-state index >= 15 is 0 Å². The van der Waals surface area contributed by atoms with Crippen LogP contribution < -0.4 is 4.90 Å². The first-order chi connectivity index (χ1) is 12.7. The predicted molar refractivity (Wildman–Crippen MR) is 102 cm³/mol. The topological polar surface area (TPSA) is 61.5 Å². The third-order valence-corrected chi connectivity index (χ3v) is 4.77. The summed E-state index contributed by atoms with van der Waals surface area (Å²) in [5, 5.41) is 0. The summed E-state index contributed by atoms with van der Waals surface area (Å²) in [7, 11) is 1.55. The van der Waals surface area contributed by atoms with E-state index in [1.54, 1.807) is 7.11 Å². The normalized spacial score (nSPS) is 14.8. The van der Waals surface area contributed by atoms with E-state index in [2.05, 4.69) is 39.1 Å². The van der Waals surface area contributed by atoms with Crippen LogP contribution in [0.15, 0.2) is 48.5 Å². The molecule has 3 aromatic rings. The molecule has 0 atom stereocenters. The molecule has 1 aliphatic heterocycles. The monoisotopic (exact) mass is 350 g/mol. The molecule has 0 spiro atoms. The second kappa shape index (κ2) is 7.17. The lowest BCUT2D eigenvalue weighted by molar-refractivity contribution is -0.135. The minimum absolute atomic E-state index is 0.0585. The highest BCUT2D eigenvalue weighted by molar-refractivity contribution is 5.80. The van der Waals surface area contributed by atoms with Crippen molar-refractivity contribution in [1.29, 1.82) is 0 Å². The number of rotatable bonds is 4. The lowest BCUT2D eigenvalue weighted by atomic mass is 10.1. The molecule has 0 unspecified atom stereocenters. The molecule has 2 aromatic carbocycles. The summed E-state index contributed by atoms with van der Waals surface area (Å²) in [6, 6.07) is 16.4. The zero-order valence-corrected chi connectivity index (χ0v) is 14.8. The summed E-state index contributed by atoms with van der Waals surface area (Å²) in [6.07, 6.45) is 0. The van der Waals surface area contributed by atoms with Gasteiger partial charge in [-0.2, -0.15) is 0 Å². The molecule has 1 aromatic heterocycles. The zero-order chi connectivity index (χ0) is 17.9. The first-order valence-electron chi connectivity index (χ1n) is 8.81. The van der Waals surface area contributed by atoms with Crippen LogP contribution in [-0.4, -0.2) is 60.7 Å². The van der Waals surface area contributed by atoms with E-state index in [9.17, 15) is 4.79 Å². The SMILES string of the molecule is COCC(=O)N1CCN(c2cccc(-c3nc4ccccc4[nH]3)c2)CC1. The number of piperazine rings is 1. The molecule has 26 heavy (non-hydrogen) atoms. The second-order valence-electron chi connectivity index (χ2n) is 6.45. The Kier molecular flexibility index (Phi) is 4.58. The number of nitrogens with one attached hydrogen (secondary N) is 1. The highest BCUT2D eigenvalue weighted by Crippen LogP contribution is 2.25. The van der Waals surface area contributed by atoms with E-state index in [1.807, 2.05) is 29.2 Å². The van der Waals surface area contributed by atoms with Crippen molar-refractivity contribution in [2.24, 2.45) is 0 Å². The smallest absolute Gasteiger partial charge is 0.248 e. The average Bonchev–Trinajstić information content (AvgIpc) is 3.13. The minimum atomic E-state index is 0.0585. The van der Waals surface area contributed by atoms with Crippen LogP contribution >= 0.6 is 0 Å². The van der Waals surface area contributed by atoms with Gasteiger partial charge < -0.3 is 19.5 Å².